The Morgan fingerprint density at radius 1 is 1.31 bits per heavy atom. The van der Waals surface area contributed by atoms with Gasteiger partial charge < -0.3 is 4.90 Å². The van der Waals surface area contributed by atoms with E-state index < -0.39 is 0 Å². The maximum atomic E-state index is 4.42. The first-order chi connectivity index (χ1) is 7.88. The van der Waals surface area contributed by atoms with Crippen LogP contribution in [0.25, 0.3) is 10.2 Å². The summed E-state index contributed by atoms with van der Waals surface area (Å²) in [5.74, 6) is 1.07. The first-order valence-electron chi connectivity index (χ1n) is 5.52. The molecule has 2 aromatic rings. The average molecular weight is 231 g/mol. The third kappa shape index (κ3) is 1.50. The summed E-state index contributed by atoms with van der Waals surface area (Å²) >= 11 is 1.77. The van der Waals surface area contributed by atoms with Gasteiger partial charge in [-0.15, -0.1) is 11.3 Å². The van der Waals surface area contributed by atoms with Crippen LogP contribution >= 0.6 is 11.3 Å². The van der Waals surface area contributed by atoms with E-state index >= 15 is 0 Å². The number of fused-ring (bicyclic) bond motifs is 1. The van der Waals surface area contributed by atoms with Crippen LogP contribution in [0.3, 0.4) is 0 Å². The Hall–Kier alpha value is -1.42. The molecule has 2 aromatic heterocycles. The molecule has 0 saturated heterocycles. The number of aromatic nitrogens is 2. The van der Waals surface area contributed by atoms with E-state index in [1.807, 2.05) is 0 Å². The third-order valence-corrected chi connectivity index (χ3v) is 4.01. The highest BCUT2D eigenvalue weighted by Gasteiger charge is 2.14. The molecule has 4 heteroatoms. The molecule has 82 valence electrons. The summed E-state index contributed by atoms with van der Waals surface area (Å²) in [5.41, 5.74) is 0. The molecule has 0 amide bonds. The lowest BCUT2D eigenvalue weighted by molar-refractivity contribution is 0.971. The van der Waals surface area contributed by atoms with Crippen molar-refractivity contribution in [2.75, 3.05) is 18.0 Å². The summed E-state index contributed by atoms with van der Waals surface area (Å²) in [6.45, 7) is 4.10. The molecule has 1 aliphatic rings. The average Bonchev–Trinajstić information content (AvgIpc) is 2.97. The molecule has 0 fully saturated rings. The van der Waals surface area contributed by atoms with Gasteiger partial charge in [0.15, 0.2) is 0 Å². The molecular formula is C12H13N3S. The molecule has 0 saturated carbocycles. The van der Waals surface area contributed by atoms with Crippen LogP contribution in [0.2, 0.25) is 0 Å². The fraction of sp³-hybridized carbons (Fsp3) is 0.333. The van der Waals surface area contributed by atoms with Crippen LogP contribution in [-0.2, 0) is 6.42 Å². The Morgan fingerprint density at radius 2 is 2.12 bits per heavy atom. The van der Waals surface area contributed by atoms with E-state index in [1.165, 1.54) is 10.3 Å². The fourth-order valence-electron chi connectivity index (χ4n) is 1.97. The second-order valence-corrected chi connectivity index (χ2v) is 4.97. The topological polar surface area (TPSA) is 29.0 Å². The third-order valence-electron chi connectivity index (χ3n) is 2.83. The molecule has 0 N–H and O–H groups in total. The van der Waals surface area contributed by atoms with E-state index in [2.05, 4.69) is 40.0 Å². The molecule has 0 aliphatic carbocycles. The van der Waals surface area contributed by atoms with E-state index in [0.29, 0.717) is 0 Å². The highest BCUT2D eigenvalue weighted by molar-refractivity contribution is 7.18. The summed E-state index contributed by atoms with van der Waals surface area (Å²) in [5, 5.41) is 1.20. The number of nitrogens with zero attached hydrogens (tertiary/aromatic N) is 3. The Bertz CT molecular complexity index is 536. The molecule has 16 heavy (non-hydrogen) atoms. The lowest BCUT2D eigenvalue weighted by Crippen LogP contribution is -2.19. The van der Waals surface area contributed by atoms with Crippen molar-refractivity contribution in [3.8, 4) is 0 Å². The second-order valence-electron chi connectivity index (χ2n) is 3.86. The van der Waals surface area contributed by atoms with Crippen molar-refractivity contribution in [2.45, 2.75) is 13.3 Å². The summed E-state index contributed by atoms with van der Waals surface area (Å²) in [7, 11) is 0. The lowest BCUT2D eigenvalue weighted by Gasteiger charge is -2.16. The van der Waals surface area contributed by atoms with Gasteiger partial charge in [-0.1, -0.05) is 19.1 Å². The van der Waals surface area contributed by atoms with Crippen LogP contribution < -0.4 is 4.90 Å². The number of thiophene rings is 1. The van der Waals surface area contributed by atoms with Crippen molar-refractivity contribution in [1.29, 1.82) is 0 Å². The van der Waals surface area contributed by atoms with Gasteiger partial charge in [-0.25, -0.2) is 9.97 Å². The van der Waals surface area contributed by atoms with Crippen LogP contribution in [0.1, 0.15) is 11.8 Å². The van der Waals surface area contributed by atoms with E-state index in [1.54, 1.807) is 17.7 Å². The first kappa shape index (κ1) is 9.78. The summed E-state index contributed by atoms with van der Waals surface area (Å²) in [6, 6.07) is 2.23. The van der Waals surface area contributed by atoms with Crippen molar-refractivity contribution in [2.24, 2.45) is 0 Å². The molecule has 3 nitrogen and oxygen atoms in total. The monoisotopic (exact) mass is 231 g/mol. The minimum absolute atomic E-state index is 0.962. The predicted octanol–water partition coefficient (Wildman–Crippen LogP) is 2.63. The Morgan fingerprint density at radius 3 is 2.88 bits per heavy atom. The predicted molar refractivity (Wildman–Crippen MR) is 68.1 cm³/mol. The van der Waals surface area contributed by atoms with Crippen molar-refractivity contribution >= 4 is 27.4 Å². The number of aryl methyl sites for hydroxylation is 1. The van der Waals surface area contributed by atoms with Gasteiger partial charge in [0, 0.05) is 18.0 Å². The molecule has 1 aliphatic heterocycles. The van der Waals surface area contributed by atoms with Crippen molar-refractivity contribution in [3.63, 3.8) is 0 Å². The molecule has 0 bridgehead atoms. The molecule has 3 rings (SSSR count). The summed E-state index contributed by atoms with van der Waals surface area (Å²) in [6.07, 6.45) is 7.10. The minimum Gasteiger partial charge on any atom is -0.349 e. The van der Waals surface area contributed by atoms with Crippen LogP contribution in [-0.4, -0.2) is 23.1 Å². The lowest BCUT2D eigenvalue weighted by atomic mass is 10.3. The van der Waals surface area contributed by atoms with E-state index in [-0.39, 0.29) is 0 Å². The quantitative estimate of drug-likeness (QED) is 0.744. The van der Waals surface area contributed by atoms with E-state index in [4.69, 9.17) is 0 Å². The van der Waals surface area contributed by atoms with Gasteiger partial charge >= 0.3 is 0 Å². The van der Waals surface area contributed by atoms with E-state index in [0.717, 1.165) is 30.2 Å². The van der Waals surface area contributed by atoms with Crippen LogP contribution in [0.5, 0.6) is 0 Å². The van der Waals surface area contributed by atoms with Gasteiger partial charge in [0.2, 0.25) is 0 Å². The fourth-order valence-corrected chi connectivity index (χ4v) is 2.90. The highest BCUT2D eigenvalue weighted by atomic mass is 32.1. The first-order valence-corrected chi connectivity index (χ1v) is 6.33. The number of rotatable bonds is 2. The van der Waals surface area contributed by atoms with Gasteiger partial charge in [-0.3, -0.25) is 0 Å². The van der Waals surface area contributed by atoms with Crippen molar-refractivity contribution in [1.82, 2.24) is 9.97 Å². The Labute approximate surface area is 98.4 Å². The minimum atomic E-state index is 0.962. The standard InChI is InChI=1S/C12H13N3S/c1-2-9-7-10-11(15-5-3-4-6-15)13-8-14-12(10)16-9/h3-4,7-8H,2,5-6H2,1H3. The van der Waals surface area contributed by atoms with Gasteiger partial charge in [-0.05, 0) is 12.5 Å². The zero-order valence-electron chi connectivity index (χ0n) is 9.18. The SMILES string of the molecule is CCc1cc2c(N3CC=CC3)ncnc2s1. The smallest absolute Gasteiger partial charge is 0.141 e. The Balaban J connectivity index is 2.12. The highest BCUT2D eigenvalue weighted by Crippen LogP contribution is 2.30. The van der Waals surface area contributed by atoms with Gasteiger partial charge in [-0.2, -0.15) is 0 Å². The second kappa shape index (κ2) is 3.87. The largest absolute Gasteiger partial charge is 0.349 e. The van der Waals surface area contributed by atoms with Crippen LogP contribution in [0.4, 0.5) is 5.82 Å². The van der Waals surface area contributed by atoms with Gasteiger partial charge in [0.05, 0.1) is 5.39 Å². The molecule has 0 spiro atoms. The molecule has 3 heterocycles. The zero-order chi connectivity index (χ0) is 11.0. The zero-order valence-corrected chi connectivity index (χ0v) is 10.00. The number of hydrogen-bond donors (Lipinski definition) is 0. The maximum absolute atomic E-state index is 4.42. The van der Waals surface area contributed by atoms with E-state index in [9.17, 15) is 0 Å². The summed E-state index contributed by atoms with van der Waals surface area (Å²) in [4.78, 5) is 13.5. The van der Waals surface area contributed by atoms with Crippen LogP contribution in [0.15, 0.2) is 24.5 Å². The summed E-state index contributed by atoms with van der Waals surface area (Å²) < 4.78 is 0. The van der Waals surface area contributed by atoms with Crippen molar-refractivity contribution < 1.29 is 0 Å². The van der Waals surface area contributed by atoms with Crippen LogP contribution in [0, 0.1) is 0 Å². The van der Waals surface area contributed by atoms with Gasteiger partial charge in [0.25, 0.3) is 0 Å². The van der Waals surface area contributed by atoms with Gasteiger partial charge in [0.1, 0.15) is 17.0 Å². The molecule has 0 unspecified atom stereocenters. The molecule has 0 atom stereocenters. The number of hydrogen-bond acceptors (Lipinski definition) is 4. The molecular weight excluding hydrogens is 218 g/mol. The molecule has 0 radical (unpaired) electrons. The Kier molecular flexibility index (Phi) is 2.36. The molecule has 0 aromatic carbocycles. The normalized spacial score (nSPS) is 15.2. The van der Waals surface area contributed by atoms with Crippen molar-refractivity contribution in [3.05, 3.63) is 29.4 Å². The maximum Gasteiger partial charge on any atom is 0.141 e. The number of anilines is 1.